The zero-order valence-corrected chi connectivity index (χ0v) is 36.7. The zero-order valence-electron chi connectivity index (χ0n) is 35.8. The van der Waals surface area contributed by atoms with Gasteiger partial charge in [-0.25, -0.2) is 4.98 Å². The molecule has 0 fully saturated rings. The number of ether oxygens (including phenoxy) is 3. The minimum atomic E-state index is -4.42. The number of hydrogen-bond acceptors (Lipinski definition) is 12. The highest BCUT2D eigenvalue weighted by molar-refractivity contribution is 7.86. The van der Waals surface area contributed by atoms with Crippen LogP contribution in [-0.2, 0) is 32.5 Å². The van der Waals surface area contributed by atoms with Gasteiger partial charge < -0.3 is 30.0 Å². The number of carbonyl (C=O) groups is 4. The van der Waals surface area contributed by atoms with Gasteiger partial charge in [0.05, 0.1) is 31.6 Å². The highest BCUT2D eigenvalue weighted by atomic mass is 32.2. The van der Waals surface area contributed by atoms with E-state index < -0.39 is 16.1 Å². The van der Waals surface area contributed by atoms with Gasteiger partial charge in [0.1, 0.15) is 28.0 Å². The monoisotopic (exact) mass is 897 g/mol. The van der Waals surface area contributed by atoms with Crippen molar-refractivity contribution in [3.63, 3.8) is 0 Å². The lowest BCUT2D eigenvalue weighted by Crippen LogP contribution is -2.30. The number of hydrazone groups is 1. The van der Waals surface area contributed by atoms with Crippen molar-refractivity contribution < 1.29 is 51.5 Å². The Morgan fingerprint density at radius 2 is 1.53 bits per heavy atom. The molecule has 4 aromatic rings. The van der Waals surface area contributed by atoms with Crippen molar-refractivity contribution in [3.8, 4) is 17.2 Å². The predicted octanol–water partition coefficient (Wildman–Crippen LogP) is 7.07. The molecule has 16 nitrogen and oxygen atoms in total. The molecule has 0 saturated heterocycles. The molecule has 0 bridgehead atoms. The number of Topliss-reactive ketones (excluding diaryl/α,β-unsaturated/α-hetero) is 1. The van der Waals surface area contributed by atoms with Crippen molar-refractivity contribution in [1.82, 2.24) is 15.6 Å². The molecule has 1 aliphatic rings. The van der Waals surface area contributed by atoms with Gasteiger partial charge in [0.15, 0.2) is 5.78 Å². The Kier molecular flexibility index (Phi) is 18.8. The second-order valence-corrected chi connectivity index (χ2v) is 16.3. The van der Waals surface area contributed by atoms with Crippen molar-refractivity contribution in [2.45, 2.75) is 82.4 Å². The van der Waals surface area contributed by atoms with Gasteiger partial charge in [-0.15, -0.1) is 0 Å². The van der Waals surface area contributed by atoms with Gasteiger partial charge in [-0.3, -0.25) is 29.2 Å². The number of benzene rings is 3. The number of pyridine rings is 1. The van der Waals surface area contributed by atoms with Crippen LogP contribution in [0.3, 0.4) is 0 Å². The molecular weight excluding hydrogens is 843 g/mol. The molecule has 1 heterocycles. The third-order valence-electron chi connectivity index (χ3n) is 10.1. The largest absolute Gasteiger partial charge is 0.493 e. The van der Waals surface area contributed by atoms with E-state index in [-0.39, 0.29) is 53.9 Å². The fourth-order valence-electron chi connectivity index (χ4n) is 6.96. The summed E-state index contributed by atoms with van der Waals surface area (Å²) in [4.78, 5) is 52.8. The number of aliphatic carboxylic acids is 1. The zero-order chi connectivity index (χ0) is 45.7. The molecule has 340 valence electrons. The molecule has 0 atom stereocenters. The molecule has 5 N–H and O–H groups in total. The van der Waals surface area contributed by atoms with Crippen molar-refractivity contribution in [1.29, 1.82) is 0 Å². The van der Waals surface area contributed by atoms with Crippen LogP contribution in [0.5, 0.6) is 17.2 Å². The summed E-state index contributed by atoms with van der Waals surface area (Å²) < 4.78 is 50.7. The maximum absolute atomic E-state index is 12.6. The quantitative estimate of drug-likeness (QED) is 0.0184. The minimum absolute atomic E-state index is 0.0961. The average Bonchev–Trinajstić information content (AvgIpc) is 3.27. The summed E-state index contributed by atoms with van der Waals surface area (Å²) in [6.07, 6.45) is 12.5. The number of nitrogens with one attached hydrogen (secondary N) is 3. The predicted molar refractivity (Wildman–Crippen MR) is 242 cm³/mol. The number of amides is 2. The van der Waals surface area contributed by atoms with E-state index in [0.717, 1.165) is 54.5 Å². The molecule has 0 spiro atoms. The van der Waals surface area contributed by atoms with E-state index in [1.54, 1.807) is 30.3 Å². The van der Waals surface area contributed by atoms with Crippen molar-refractivity contribution in [3.05, 3.63) is 112 Å². The maximum atomic E-state index is 12.6. The number of hydrogen-bond donors (Lipinski definition) is 5. The van der Waals surface area contributed by atoms with Crippen LogP contribution in [-0.4, -0.2) is 85.8 Å². The van der Waals surface area contributed by atoms with E-state index in [1.807, 2.05) is 31.2 Å². The Hall–Kier alpha value is -6.59. The topological polar surface area (TPSA) is 232 Å². The second kappa shape index (κ2) is 24.9. The second-order valence-electron chi connectivity index (χ2n) is 14.9. The maximum Gasteiger partial charge on any atom is 0.303 e. The van der Waals surface area contributed by atoms with Crippen LogP contribution in [0.4, 0.5) is 5.82 Å². The molecule has 0 saturated carbocycles. The Morgan fingerprint density at radius 1 is 0.812 bits per heavy atom. The SMILES string of the molecule is C/C=C/c1c(OCCCCCOc2cccc(OCCCC(=O)NCCCNC(=O)c3ccc(N/N=C/c4ccccc4S(=O)(=O)O)nc3)c2CCC(=O)O)ccc2c1CCCC2=O. The van der Waals surface area contributed by atoms with Gasteiger partial charge in [0.2, 0.25) is 5.91 Å². The van der Waals surface area contributed by atoms with E-state index in [0.29, 0.717) is 74.0 Å². The highest BCUT2D eigenvalue weighted by Gasteiger charge is 2.22. The van der Waals surface area contributed by atoms with Gasteiger partial charge in [-0.1, -0.05) is 36.4 Å². The molecular formula is C47H55N5O11S. The fourth-order valence-corrected chi connectivity index (χ4v) is 7.63. The van der Waals surface area contributed by atoms with Crippen LogP contribution in [0.15, 0.2) is 89.0 Å². The van der Waals surface area contributed by atoms with Gasteiger partial charge in [0.25, 0.3) is 16.0 Å². The number of nitrogens with zero attached hydrogens (tertiary/aromatic N) is 2. The molecule has 0 aliphatic heterocycles. The van der Waals surface area contributed by atoms with Crippen molar-refractivity contribution in [2.24, 2.45) is 5.10 Å². The Morgan fingerprint density at radius 3 is 2.23 bits per heavy atom. The molecule has 17 heteroatoms. The number of aromatic nitrogens is 1. The fraction of sp³-hybridized carbons (Fsp3) is 0.362. The lowest BCUT2D eigenvalue weighted by molar-refractivity contribution is -0.137. The third-order valence-corrected chi connectivity index (χ3v) is 11.1. The van der Waals surface area contributed by atoms with E-state index in [2.05, 4.69) is 26.1 Å². The Bertz CT molecular complexity index is 2400. The highest BCUT2D eigenvalue weighted by Crippen LogP contribution is 2.33. The van der Waals surface area contributed by atoms with Crippen molar-refractivity contribution in [2.75, 3.05) is 38.3 Å². The van der Waals surface area contributed by atoms with Crippen LogP contribution in [0.2, 0.25) is 0 Å². The Labute approximate surface area is 373 Å². The average molecular weight is 898 g/mol. The molecule has 0 unspecified atom stereocenters. The summed E-state index contributed by atoms with van der Waals surface area (Å²) in [5.41, 5.74) is 6.64. The number of carbonyl (C=O) groups excluding carboxylic acids is 3. The molecule has 5 rings (SSSR count). The van der Waals surface area contributed by atoms with Crippen molar-refractivity contribution >= 4 is 51.8 Å². The molecule has 2 amide bonds. The van der Waals surface area contributed by atoms with Crippen LogP contribution in [0, 0.1) is 0 Å². The number of rotatable bonds is 26. The number of ketones is 1. The summed E-state index contributed by atoms with van der Waals surface area (Å²) in [5.74, 6) is 0.896. The number of fused-ring (bicyclic) bond motifs is 1. The summed E-state index contributed by atoms with van der Waals surface area (Å²) in [6, 6.07) is 18.0. The molecule has 3 aromatic carbocycles. The summed E-state index contributed by atoms with van der Waals surface area (Å²) in [6.45, 7) is 3.80. The first-order chi connectivity index (χ1) is 30.9. The molecule has 64 heavy (non-hydrogen) atoms. The molecule has 1 aliphatic carbocycles. The number of carboxylic acids is 1. The van der Waals surface area contributed by atoms with Crippen LogP contribution in [0.1, 0.15) is 108 Å². The van der Waals surface area contributed by atoms with Crippen LogP contribution < -0.4 is 30.3 Å². The number of anilines is 1. The summed E-state index contributed by atoms with van der Waals surface area (Å²) in [5, 5.41) is 19.0. The van der Waals surface area contributed by atoms with Gasteiger partial charge in [0, 0.05) is 60.8 Å². The number of unbranched alkanes of at least 4 members (excludes halogenated alkanes) is 2. The third kappa shape index (κ3) is 15.0. The number of carboxylic acid groups (broad SMARTS) is 1. The molecule has 0 radical (unpaired) electrons. The van der Waals surface area contributed by atoms with Gasteiger partial charge >= 0.3 is 5.97 Å². The first-order valence-electron chi connectivity index (χ1n) is 21.3. The van der Waals surface area contributed by atoms with Crippen LogP contribution in [0.25, 0.3) is 6.08 Å². The van der Waals surface area contributed by atoms with Gasteiger partial charge in [-0.2, -0.15) is 13.5 Å². The standard InChI is InChI=1S/C47H55N5O11S/c1-2-12-37-35-14-8-15-39(53)36(35)21-23-42(37)62-29-7-3-6-28-61-40-16-9-17-41(38(40)22-25-46(55)56)63-30-10-19-45(54)48-26-11-27-49-47(57)34-20-24-44(50-31-34)52-51-32-33-13-4-5-18-43(33)64(58,59)60/h2,4-5,9,12-13,16-18,20-21,23-24,31-32H,3,6-8,10-11,14-15,19,22,25-30H2,1H3,(H,48,54)(H,49,57)(H,50,52)(H,55,56)(H,58,59,60)/b12-2+,51-32+. The first kappa shape index (κ1) is 48.4. The van der Waals surface area contributed by atoms with E-state index in [9.17, 15) is 37.3 Å². The molecule has 1 aromatic heterocycles. The van der Waals surface area contributed by atoms with Crippen LogP contribution >= 0.6 is 0 Å². The summed E-state index contributed by atoms with van der Waals surface area (Å²) in [7, 11) is -4.42. The van der Waals surface area contributed by atoms with E-state index in [4.69, 9.17) is 14.2 Å². The first-order valence-corrected chi connectivity index (χ1v) is 22.8. The van der Waals surface area contributed by atoms with E-state index in [1.165, 1.54) is 36.7 Å². The lowest BCUT2D eigenvalue weighted by Gasteiger charge is -2.20. The minimum Gasteiger partial charge on any atom is -0.493 e. The summed E-state index contributed by atoms with van der Waals surface area (Å²) >= 11 is 0. The lowest BCUT2D eigenvalue weighted by atomic mass is 9.87. The van der Waals surface area contributed by atoms with E-state index >= 15 is 0 Å². The van der Waals surface area contributed by atoms with Gasteiger partial charge in [-0.05, 0) is 106 Å². The smallest absolute Gasteiger partial charge is 0.303 e. The normalized spacial score (nSPS) is 12.5. The Balaban J connectivity index is 0.965. The number of allylic oxidation sites excluding steroid dienone is 1.